The summed E-state index contributed by atoms with van der Waals surface area (Å²) in [5.41, 5.74) is 8.39. The van der Waals surface area contributed by atoms with Crippen LogP contribution in [0.3, 0.4) is 0 Å². The lowest BCUT2D eigenvalue weighted by molar-refractivity contribution is -0.131. The maximum atomic E-state index is 13.1. The number of rotatable bonds is 7. The van der Waals surface area contributed by atoms with Crippen molar-refractivity contribution in [3.63, 3.8) is 0 Å². The SMILES string of the molecule is CN=CC1=C(N)CN(C(=O)CN2CC3CC(C(=O)N[C@@H]4CCN(C(=O)OCc5cc(Cl)cc(Cl)c5)C4)CC3C2)C1. The molecule has 3 N–H and O–H groups in total. The number of carbonyl (C=O) groups is 3. The molecule has 4 aliphatic rings. The van der Waals surface area contributed by atoms with Gasteiger partial charge in [-0.05, 0) is 54.9 Å². The van der Waals surface area contributed by atoms with Crippen LogP contribution in [0.1, 0.15) is 24.8 Å². The number of fused-ring (bicyclic) bond motifs is 1. The van der Waals surface area contributed by atoms with Gasteiger partial charge in [0, 0.05) is 79.3 Å². The molecule has 216 valence electrons. The summed E-state index contributed by atoms with van der Waals surface area (Å²) >= 11 is 12.0. The molecule has 3 atom stereocenters. The van der Waals surface area contributed by atoms with Crippen molar-refractivity contribution in [3.8, 4) is 0 Å². The predicted molar refractivity (Wildman–Crippen MR) is 153 cm³/mol. The van der Waals surface area contributed by atoms with Crippen molar-refractivity contribution in [3.05, 3.63) is 45.1 Å². The van der Waals surface area contributed by atoms with Gasteiger partial charge in [-0.3, -0.25) is 19.5 Å². The van der Waals surface area contributed by atoms with E-state index >= 15 is 0 Å². The van der Waals surface area contributed by atoms with Crippen molar-refractivity contribution < 1.29 is 19.1 Å². The minimum absolute atomic E-state index is 0.0279. The molecule has 10 nitrogen and oxygen atoms in total. The first-order valence-electron chi connectivity index (χ1n) is 13.7. The summed E-state index contributed by atoms with van der Waals surface area (Å²) in [7, 11) is 1.70. The first-order chi connectivity index (χ1) is 19.2. The standard InChI is InChI=1S/C28H36Cl2N6O4/c1-32-9-21-12-36(14-25(21)31)26(37)15-34-10-19-6-18(7-20(19)11-34)27(38)33-24-2-3-35(13-24)28(39)40-16-17-4-22(29)8-23(30)5-17/h4-5,8-9,18-20,24H,2-3,6-7,10-16,31H2,1H3,(H,33,38)/t18?,19?,20?,24-/m1/s1. The predicted octanol–water partition coefficient (Wildman–Crippen LogP) is 2.53. The van der Waals surface area contributed by atoms with Crippen LogP contribution in [-0.2, 0) is 20.9 Å². The van der Waals surface area contributed by atoms with E-state index in [1.807, 2.05) is 0 Å². The number of carbonyl (C=O) groups excluding carboxylic acids is 3. The average Bonchev–Trinajstić information content (AvgIpc) is 3.67. The van der Waals surface area contributed by atoms with Crippen LogP contribution in [0, 0.1) is 17.8 Å². The highest BCUT2D eigenvalue weighted by atomic mass is 35.5. The fourth-order valence-electron chi connectivity index (χ4n) is 6.45. The summed E-state index contributed by atoms with van der Waals surface area (Å²) in [5, 5.41) is 4.13. The second-order valence-corrected chi connectivity index (χ2v) is 12.2. The molecule has 1 aromatic rings. The summed E-state index contributed by atoms with van der Waals surface area (Å²) < 4.78 is 5.43. The molecule has 1 aromatic carbocycles. The van der Waals surface area contributed by atoms with Crippen molar-refractivity contribution in [1.29, 1.82) is 0 Å². The Balaban J connectivity index is 1.02. The van der Waals surface area contributed by atoms with Crippen LogP contribution in [0.5, 0.6) is 0 Å². The Morgan fingerprint density at radius 3 is 2.45 bits per heavy atom. The summed E-state index contributed by atoms with van der Waals surface area (Å²) in [5.74, 6) is 0.957. The Morgan fingerprint density at radius 1 is 1.07 bits per heavy atom. The largest absolute Gasteiger partial charge is 0.445 e. The van der Waals surface area contributed by atoms with Crippen LogP contribution in [-0.4, -0.2) is 97.7 Å². The molecule has 1 saturated carbocycles. The van der Waals surface area contributed by atoms with E-state index in [9.17, 15) is 14.4 Å². The number of hydrogen-bond acceptors (Lipinski definition) is 7. The molecular weight excluding hydrogens is 555 g/mol. The number of benzene rings is 1. The maximum Gasteiger partial charge on any atom is 0.410 e. The fraction of sp³-hybridized carbons (Fsp3) is 0.571. The molecule has 1 aliphatic carbocycles. The zero-order chi connectivity index (χ0) is 28.4. The highest BCUT2D eigenvalue weighted by Crippen LogP contribution is 2.41. The van der Waals surface area contributed by atoms with Gasteiger partial charge in [0.05, 0.1) is 13.1 Å². The van der Waals surface area contributed by atoms with Crippen molar-refractivity contribution >= 4 is 47.3 Å². The molecule has 5 rings (SSSR count). The molecule has 12 heteroatoms. The number of likely N-dealkylation sites (tertiary alicyclic amines) is 2. The Morgan fingerprint density at radius 2 is 1.77 bits per heavy atom. The second-order valence-electron chi connectivity index (χ2n) is 11.3. The van der Waals surface area contributed by atoms with Crippen LogP contribution in [0.4, 0.5) is 4.79 Å². The molecule has 3 heterocycles. The highest BCUT2D eigenvalue weighted by Gasteiger charge is 2.44. The van der Waals surface area contributed by atoms with E-state index in [-0.39, 0.29) is 30.4 Å². The van der Waals surface area contributed by atoms with Crippen LogP contribution in [0.25, 0.3) is 0 Å². The smallest absolute Gasteiger partial charge is 0.410 e. The lowest BCUT2D eigenvalue weighted by Crippen LogP contribution is -2.42. The van der Waals surface area contributed by atoms with E-state index in [0.717, 1.165) is 37.1 Å². The van der Waals surface area contributed by atoms with Crippen molar-refractivity contribution in [1.82, 2.24) is 20.0 Å². The Kier molecular flexibility index (Phi) is 8.87. The number of nitrogens with zero attached hydrogens (tertiary/aromatic N) is 4. The quantitative estimate of drug-likeness (QED) is 0.471. The van der Waals surface area contributed by atoms with E-state index in [1.165, 1.54) is 0 Å². The van der Waals surface area contributed by atoms with Gasteiger partial charge < -0.3 is 25.6 Å². The fourth-order valence-corrected chi connectivity index (χ4v) is 7.02. The monoisotopic (exact) mass is 590 g/mol. The number of amides is 3. The van der Waals surface area contributed by atoms with Crippen molar-refractivity contribution in [2.75, 3.05) is 52.9 Å². The zero-order valence-electron chi connectivity index (χ0n) is 22.7. The van der Waals surface area contributed by atoms with Crippen LogP contribution in [0.2, 0.25) is 10.0 Å². The van der Waals surface area contributed by atoms with Gasteiger partial charge in [-0.1, -0.05) is 23.2 Å². The number of halogens is 2. The molecule has 0 radical (unpaired) electrons. The van der Waals surface area contributed by atoms with Gasteiger partial charge in [0.25, 0.3) is 0 Å². The van der Waals surface area contributed by atoms with Gasteiger partial charge in [-0.15, -0.1) is 0 Å². The van der Waals surface area contributed by atoms with Gasteiger partial charge >= 0.3 is 6.09 Å². The lowest BCUT2D eigenvalue weighted by atomic mass is 10.0. The molecule has 3 aliphatic heterocycles. The van der Waals surface area contributed by atoms with E-state index in [2.05, 4.69) is 15.2 Å². The topological polar surface area (TPSA) is 121 Å². The number of hydrogen-bond donors (Lipinski definition) is 2. The third-order valence-corrected chi connectivity index (χ3v) is 8.84. The summed E-state index contributed by atoms with van der Waals surface area (Å²) in [6.07, 6.45) is 3.66. The van der Waals surface area contributed by atoms with E-state index in [1.54, 1.807) is 41.3 Å². The number of nitrogens with one attached hydrogen (secondary N) is 1. The summed E-state index contributed by atoms with van der Waals surface area (Å²) in [6, 6.07) is 4.96. The third-order valence-electron chi connectivity index (χ3n) is 8.41. The second kappa shape index (κ2) is 12.4. The third kappa shape index (κ3) is 6.72. The normalized spacial score (nSPS) is 26.7. The summed E-state index contributed by atoms with van der Waals surface area (Å²) in [6.45, 7) is 4.06. The van der Waals surface area contributed by atoms with E-state index in [0.29, 0.717) is 66.7 Å². The molecule has 2 saturated heterocycles. The minimum Gasteiger partial charge on any atom is -0.445 e. The zero-order valence-corrected chi connectivity index (χ0v) is 24.2. The number of nitrogens with two attached hydrogens (primary N) is 1. The highest BCUT2D eigenvalue weighted by molar-refractivity contribution is 6.34. The van der Waals surface area contributed by atoms with Crippen molar-refractivity contribution in [2.45, 2.75) is 31.9 Å². The van der Waals surface area contributed by atoms with Crippen LogP contribution in [0.15, 0.2) is 34.5 Å². The molecular formula is C28H36Cl2N6O4. The van der Waals surface area contributed by atoms with Crippen molar-refractivity contribution in [2.24, 2.45) is 28.5 Å². The molecule has 0 bridgehead atoms. The van der Waals surface area contributed by atoms with Gasteiger partial charge in [-0.25, -0.2) is 4.79 Å². The number of aliphatic imine (C=N–C) groups is 1. The van der Waals surface area contributed by atoms with Gasteiger partial charge in [0.2, 0.25) is 11.8 Å². The van der Waals surface area contributed by atoms with Crippen LogP contribution >= 0.6 is 23.2 Å². The minimum atomic E-state index is -0.417. The molecule has 0 spiro atoms. The van der Waals surface area contributed by atoms with Gasteiger partial charge in [0.1, 0.15) is 6.61 Å². The molecule has 2 unspecified atom stereocenters. The Hall–Kier alpha value is -2.82. The summed E-state index contributed by atoms with van der Waals surface area (Å²) in [4.78, 5) is 48.1. The molecule has 0 aromatic heterocycles. The van der Waals surface area contributed by atoms with Gasteiger partial charge in [0.15, 0.2) is 0 Å². The molecule has 3 amide bonds. The lowest BCUT2D eigenvalue weighted by Gasteiger charge is -2.23. The number of ether oxygens (including phenoxy) is 1. The van der Waals surface area contributed by atoms with Crippen LogP contribution < -0.4 is 11.1 Å². The maximum absolute atomic E-state index is 13.1. The Bertz CT molecular complexity index is 1190. The van der Waals surface area contributed by atoms with Gasteiger partial charge in [-0.2, -0.15) is 0 Å². The Labute approximate surface area is 244 Å². The average molecular weight is 592 g/mol. The first-order valence-corrected chi connectivity index (χ1v) is 14.5. The van der Waals surface area contributed by atoms with E-state index in [4.69, 9.17) is 33.7 Å². The van der Waals surface area contributed by atoms with E-state index < -0.39 is 6.09 Å². The first kappa shape index (κ1) is 28.7. The molecule has 40 heavy (non-hydrogen) atoms. The molecule has 3 fully saturated rings.